The van der Waals surface area contributed by atoms with E-state index in [9.17, 15) is 9.59 Å². The molecule has 1 saturated heterocycles. The van der Waals surface area contributed by atoms with Gasteiger partial charge in [0.2, 0.25) is 0 Å². The number of carboxylic acids is 1. The lowest BCUT2D eigenvalue weighted by molar-refractivity contribution is -0.138. The lowest BCUT2D eigenvalue weighted by Crippen LogP contribution is -2.39. The normalized spacial score (nSPS) is 19.2. The standard InChI is InChI=1S/C12H14N2O4/c1-13-7-10(11(15)16)14(12(13)17)8-3-5-9(18-2)6-4-8/h3-6,10H,7H2,1-2H3,(H,15,16). The van der Waals surface area contributed by atoms with Crippen LogP contribution in [0.2, 0.25) is 0 Å². The average Bonchev–Trinajstić information content (AvgIpc) is 2.66. The van der Waals surface area contributed by atoms with Crippen molar-refractivity contribution in [3.8, 4) is 5.75 Å². The Bertz CT molecular complexity index is 471. The zero-order chi connectivity index (χ0) is 13.3. The van der Waals surface area contributed by atoms with Gasteiger partial charge in [-0.15, -0.1) is 0 Å². The first-order valence-electron chi connectivity index (χ1n) is 5.45. The van der Waals surface area contributed by atoms with Crippen molar-refractivity contribution < 1.29 is 19.4 Å². The number of aliphatic carboxylic acids is 1. The highest BCUT2D eigenvalue weighted by Gasteiger charge is 2.40. The summed E-state index contributed by atoms with van der Waals surface area (Å²) in [5.41, 5.74) is 0.553. The number of hydrogen-bond acceptors (Lipinski definition) is 3. The second-order valence-corrected chi connectivity index (χ2v) is 4.09. The molecule has 1 atom stereocenters. The van der Waals surface area contributed by atoms with Crippen LogP contribution in [0.4, 0.5) is 10.5 Å². The molecule has 18 heavy (non-hydrogen) atoms. The fraction of sp³-hybridized carbons (Fsp3) is 0.333. The maximum Gasteiger partial charge on any atom is 0.328 e. The molecule has 1 fully saturated rings. The average molecular weight is 250 g/mol. The van der Waals surface area contributed by atoms with Crippen LogP contribution in [0, 0.1) is 0 Å². The third kappa shape index (κ3) is 1.97. The Labute approximate surface area is 104 Å². The van der Waals surface area contributed by atoms with Crippen molar-refractivity contribution >= 4 is 17.7 Å². The van der Waals surface area contributed by atoms with Crippen molar-refractivity contribution in [1.29, 1.82) is 0 Å². The maximum absolute atomic E-state index is 11.9. The third-order valence-corrected chi connectivity index (χ3v) is 2.93. The second kappa shape index (κ2) is 4.56. The Hall–Kier alpha value is -2.24. The Morgan fingerprint density at radius 2 is 2.00 bits per heavy atom. The fourth-order valence-corrected chi connectivity index (χ4v) is 1.96. The van der Waals surface area contributed by atoms with Crippen molar-refractivity contribution in [2.24, 2.45) is 0 Å². The van der Waals surface area contributed by atoms with Crippen molar-refractivity contribution in [1.82, 2.24) is 4.90 Å². The van der Waals surface area contributed by atoms with Gasteiger partial charge < -0.3 is 14.7 Å². The molecule has 1 aliphatic heterocycles. The number of likely N-dealkylation sites (N-methyl/N-ethyl adjacent to an activating group) is 1. The first-order chi connectivity index (χ1) is 8.54. The van der Waals surface area contributed by atoms with Gasteiger partial charge in [0.15, 0.2) is 6.04 Å². The molecule has 2 rings (SSSR count). The summed E-state index contributed by atoms with van der Waals surface area (Å²) < 4.78 is 5.02. The van der Waals surface area contributed by atoms with Crippen molar-refractivity contribution in [3.63, 3.8) is 0 Å². The quantitative estimate of drug-likeness (QED) is 0.869. The van der Waals surface area contributed by atoms with Crippen LogP contribution in [-0.4, -0.2) is 48.8 Å². The molecule has 0 bridgehead atoms. The summed E-state index contributed by atoms with van der Waals surface area (Å²) in [5.74, 6) is -0.353. The van der Waals surface area contributed by atoms with Gasteiger partial charge in [-0.1, -0.05) is 0 Å². The molecule has 2 amide bonds. The number of rotatable bonds is 3. The maximum atomic E-state index is 11.9. The Morgan fingerprint density at radius 3 is 2.50 bits per heavy atom. The number of amides is 2. The summed E-state index contributed by atoms with van der Waals surface area (Å²) >= 11 is 0. The number of anilines is 1. The first kappa shape index (κ1) is 12.2. The lowest BCUT2D eigenvalue weighted by Gasteiger charge is -2.20. The van der Waals surface area contributed by atoms with Gasteiger partial charge in [-0.2, -0.15) is 0 Å². The molecule has 1 N–H and O–H groups in total. The predicted molar refractivity (Wildman–Crippen MR) is 64.9 cm³/mol. The molecule has 6 nitrogen and oxygen atoms in total. The minimum absolute atomic E-state index is 0.181. The second-order valence-electron chi connectivity index (χ2n) is 4.09. The molecule has 1 aromatic carbocycles. The number of nitrogens with zero attached hydrogens (tertiary/aromatic N) is 2. The van der Waals surface area contributed by atoms with E-state index >= 15 is 0 Å². The van der Waals surface area contributed by atoms with Crippen molar-refractivity contribution in [2.75, 3.05) is 25.6 Å². The molecular formula is C12H14N2O4. The molecule has 0 aliphatic carbocycles. The highest BCUT2D eigenvalue weighted by atomic mass is 16.5. The molecular weight excluding hydrogens is 236 g/mol. The summed E-state index contributed by atoms with van der Waals surface area (Å²) in [4.78, 5) is 25.8. The molecule has 0 spiro atoms. The smallest absolute Gasteiger partial charge is 0.328 e. The number of urea groups is 1. The molecule has 1 aliphatic rings. The van der Waals surface area contributed by atoms with Crippen LogP contribution in [0.3, 0.4) is 0 Å². The Balaban J connectivity index is 2.33. The van der Waals surface area contributed by atoms with Gasteiger partial charge in [0, 0.05) is 12.7 Å². The molecule has 1 heterocycles. The van der Waals surface area contributed by atoms with Crippen LogP contribution in [0.15, 0.2) is 24.3 Å². The summed E-state index contributed by atoms with van der Waals surface area (Å²) in [6, 6.07) is 5.57. The van der Waals surface area contributed by atoms with Crippen LogP contribution in [-0.2, 0) is 4.79 Å². The number of hydrogen-bond donors (Lipinski definition) is 1. The summed E-state index contributed by atoms with van der Waals surface area (Å²) in [6.45, 7) is 0.181. The fourth-order valence-electron chi connectivity index (χ4n) is 1.96. The van der Waals surface area contributed by atoms with E-state index in [4.69, 9.17) is 9.84 Å². The molecule has 96 valence electrons. The number of methoxy groups -OCH3 is 1. The largest absolute Gasteiger partial charge is 0.497 e. The van der Waals surface area contributed by atoms with Gasteiger partial charge >= 0.3 is 12.0 Å². The van der Waals surface area contributed by atoms with Crippen LogP contribution in [0.1, 0.15) is 0 Å². The van der Waals surface area contributed by atoms with Gasteiger partial charge in [-0.25, -0.2) is 9.59 Å². The number of ether oxygens (including phenoxy) is 1. The van der Waals surface area contributed by atoms with E-state index in [1.807, 2.05) is 0 Å². The highest BCUT2D eigenvalue weighted by Crippen LogP contribution is 2.26. The highest BCUT2D eigenvalue weighted by molar-refractivity contribution is 6.01. The van der Waals surface area contributed by atoms with Crippen LogP contribution < -0.4 is 9.64 Å². The van der Waals surface area contributed by atoms with Gasteiger partial charge in [0.1, 0.15) is 5.75 Å². The van der Waals surface area contributed by atoms with Crippen molar-refractivity contribution in [3.05, 3.63) is 24.3 Å². The number of carbonyl (C=O) groups is 2. The Morgan fingerprint density at radius 1 is 1.39 bits per heavy atom. The van der Waals surface area contributed by atoms with Crippen molar-refractivity contribution in [2.45, 2.75) is 6.04 Å². The summed E-state index contributed by atoms with van der Waals surface area (Å²) in [5, 5.41) is 9.14. The van der Waals surface area contributed by atoms with E-state index in [2.05, 4.69) is 0 Å². The SMILES string of the molecule is COc1ccc(N2C(=O)N(C)CC2C(=O)O)cc1. The Kier molecular flexibility index (Phi) is 3.10. The van der Waals surface area contributed by atoms with Gasteiger partial charge in [-0.05, 0) is 24.3 Å². The lowest BCUT2D eigenvalue weighted by atomic mass is 10.2. The van der Waals surface area contributed by atoms with E-state index in [1.165, 1.54) is 9.80 Å². The zero-order valence-electron chi connectivity index (χ0n) is 10.2. The predicted octanol–water partition coefficient (Wildman–Crippen LogP) is 1.02. The van der Waals surface area contributed by atoms with E-state index in [0.717, 1.165) is 0 Å². The minimum Gasteiger partial charge on any atom is -0.497 e. The van der Waals surface area contributed by atoms with Crippen LogP contribution >= 0.6 is 0 Å². The first-order valence-corrected chi connectivity index (χ1v) is 5.45. The minimum atomic E-state index is -1.01. The van der Waals surface area contributed by atoms with E-state index in [1.54, 1.807) is 38.4 Å². The summed E-state index contributed by atoms with van der Waals surface area (Å²) in [6.07, 6.45) is 0. The van der Waals surface area contributed by atoms with Gasteiger partial charge in [0.25, 0.3) is 0 Å². The molecule has 0 aromatic heterocycles. The molecule has 0 radical (unpaired) electrons. The van der Waals surface area contributed by atoms with E-state index < -0.39 is 12.0 Å². The van der Waals surface area contributed by atoms with Crippen LogP contribution in [0.25, 0.3) is 0 Å². The summed E-state index contributed by atoms with van der Waals surface area (Å²) in [7, 11) is 3.13. The molecule has 1 unspecified atom stereocenters. The molecule has 0 saturated carbocycles. The number of benzene rings is 1. The molecule has 1 aromatic rings. The van der Waals surface area contributed by atoms with E-state index in [-0.39, 0.29) is 12.6 Å². The monoisotopic (exact) mass is 250 g/mol. The van der Waals surface area contributed by atoms with E-state index in [0.29, 0.717) is 11.4 Å². The number of carboxylic acid groups (broad SMARTS) is 1. The topological polar surface area (TPSA) is 70.1 Å². The number of carbonyl (C=O) groups excluding carboxylic acids is 1. The van der Waals surface area contributed by atoms with Gasteiger partial charge in [-0.3, -0.25) is 4.90 Å². The zero-order valence-corrected chi connectivity index (χ0v) is 10.2. The van der Waals surface area contributed by atoms with Crippen LogP contribution in [0.5, 0.6) is 5.75 Å². The van der Waals surface area contributed by atoms with Gasteiger partial charge in [0.05, 0.1) is 13.7 Å². The molecule has 6 heteroatoms. The third-order valence-electron chi connectivity index (χ3n) is 2.93.